The van der Waals surface area contributed by atoms with Gasteiger partial charge < -0.3 is 24.4 Å². The normalized spacial score (nSPS) is 15.5. The molecule has 2 N–H and O–H groups in total. The first-order valence-corrected chi connectivity index (χ1v) is 13.5. The average molecular weight is 573 g/mol. The number of nitrogens with zero attached hydrogens (tertiary/aromatic N) is 3. The third-order valence-corrected chi connectivity index (χ3v) is 6.36. The summed E-state index contributed by atoms with van der Waals surface area (Å²) in [5, 5.41) is 10.9. The Morgan fingerprint density at radius 1 is 1.27 bits per heavy atom. The molecular weight excluding hydrogens is 540 g/mol. The number of aldehydes is 1. The van der Waals surface area contributed by atoms with Crippen LogP contribution in [0.15, 0.2) is 54.7 Å². The number of hydrogen-bond donors (Lipinski definition) is 2. The average Bonchev–Trinajstić information content (AvgIpc) is 3.35. The number of likely N-dealkylation sites (tertiary alicyclic amines) is 1. The number of nitrogens with one attached hydrogen (secondary N) is 1. The molecule has 12 nitrogen and oxygen atoms in total. The molecule has 1 fully saturated rings. The van der Waals surface area contributed by atoms with Crippen LogP contribution in [-0.4, -0.2) is 86.5 Å². The summed E-state index contributed by atoms with van der Waals surface area (Å²) in [7, 11) is -0.867. The standard InChI is InChI=1S/C27H31N3O6.HNO2S/c1-19-8-9-25(23-7-4-11-28-27(19)23)34-18-26(33)29(2)24(17-30-12-10-21(32)16-30)20-5-3-6-22(15-20)36-35-14-13-31;1-4(2)3/h3-9,11,13,15,21,24,32H,10,12,14,16-18H2,1-2H3;1H/t21-,24?;/m0./s1. The minimum Gasteiger partial charge on any atom is -0.483 e. The van der Waals surface area contributed by atoms with Crippen molar-refractivity contribution in [3.63, 3.8) is 0 Å². The number of pyridine rings is 1. The number of aromatic nitrogens is 1. The fourth-order valence-electron chi connectivity index (χ4n) is 4.41. The van der Waals surface area contributed by atoms with Crippen LogP contribution in [-0.2, 0) is 25.0 Å². The molecule has 13 heteroatoms. The van der Waals surface area contributed by atoms with Crippen molar-refractivity contribution >= 4 is 33.6 Å². The monoisotopic (exact) mass is 572 g/mol. The summed E-state index contributed by atoms with van der Waals surface area (Å²) in [6.07, 6.45) is 2.67. The van der Waals surface area contributed by atoms with Crippen LogP contribution < -0.4 is 9.62 Å². The van der Waals surface area contributed by atoms with Gasteiger partial charge in [0.25, 0.3) is 5.91 Å². The molecule has 40 heavy (non-hydrogen) atoms. The highest BCUT2D eigenvalue weighted by molar-refractivity contribution is 7.60. The van der Waals surface area contributed by atoms with Crippen LogP contribution in [0.3, 0.4) is 0 Å². The number of rotatable bonds is 11. The lowest BCUT2D eigenvalue weighted by atomic mass is 10.0. The molecule has 1 aliphatic rings. The summed E-state index contributed by atoms with van der Waals surface area (Å²) < 4.78 is 28.8. The first-order valence-electron chi connectivity index (χ1n) is 12.5. The van der Waals surface area contributed by atoms with E-state index in [1.165, 1.54) is 0 Å². The van der Waals surface area contributed by atoms with E-state index in [0.717, 1.165) is 28.6 Å². The van der Waals surface area contributed by atoms with Gasteiger partial charge in [0.1, 0.15) is 18.6 Å². The number of aryl methyl sites for hydroxylation is 1. The van der Waals surface area contributed by atoms with Gasteiger partial charge in [0, 0.05) is 38.3 Å². The fraction of sp³-hybridized carbons (Fsp3) is 0.370. The van der Waals surface area contributed by atoms with Gasteiger partial charge in [-0.15, -0.1) is 0 Å². The zero-order chi connectivity index (χ0) is 29.1. The zero-order valence-corrected chi connectivity index (χ0v) is 23.0. The van der Waals surface area contributed by atoms with Crippen LogP contribution in [0.4, 0.5) is 0 Å². The molecule has 1 aliphatic heterocycles. The van der Waals surface area contributed by atoms with Crippen LogP contribution >= 0.6 is 0 Å². The molecule has 2 heterocycles. The SMILES string of the molecule is Cc1ccc(OCC(=O)N(C)C(CN2CC[C@H](O)C2)c2cccc(OOCC=O)c2)c2cccnc12.N=S(=O)=O. The number of likely N-dealkylation sites (N-methyl/N-ethyl adjacent to an activating group) is 1. The van der Waals surface area contributed by atoms with Gasteiger partial charge >= 0.3 is 10.5 Å². The molecular formula is C27H32N4O8S. The fourth-order valence-corrected chi connectivity index (χ4v) is 4.41. The Hall–Kier alpha value is -3.91. The largest absolute Gasteiger partial charge is 0.483 e. The third kappa shape index (κ3) is 8.81. The number of aliphatic hydroxyl groups is 1. The second kappa shape index (κ2) is 15.0. The quantitative estimate of drug-likeness (QED) is 0.151. The first-order chi connectivity index (χ1) is 19.2. The van der Waals surface area contributed by atoms with Gasteiger partial charge in [-0.3, -0.25) is 14.7 Å². The van der Waals surface area contributed by atoms with Crippen LogP contribution in [0.25, 0.3) is 10.9 Å². The minimum absolute atomic E-state index is 0.138. The number of benzene rings is 2. The van der Waals surface area contributed by atoms with Crippen LogP contribution in [0.1, 0.15) is 23.6 Å². The summed E-state index contributed by atoms with van der Waals surface area (Å²) >= 11 is 0. The number of amides is 1. The number of β-amino-alcohol motifs (C(OH)–C–C–N with tert-alkyl or cyclic N) is 1. The lowest BCUT2D eigenvalue weighted by Crippen LogP contribution is -2.41. The number of hydrogen-bond acceptors (Lipinski definition) is 11. The summed E-state index contributed by atoms with van der Waals surface area (Å²) in [5.74, 6) is 0.838. The highest BCUT2D eigenvalue weighted by Gasteiger charge is 2.28. The highest BCUT2D eigenvalue weighted by atomic mass is 32.2. The lowest BCUT2D eigenvalue weighted by Gasteiger charge is -2.32. The highest BCUT2D eigenvalue weighted by Crippen LogP contribution is 2.28. The summed E-state index contributed by atoms with van der Waals surface area (Å²) in [6.45, 7) is 3.50. The molecule has 1 unspecified atom stereocenters. The number of aliphatic hydroxyl groups excluding tert-OH is 1. The topological polar surface area (TPSA) is 159 Å². The van der Waals surface area contributed by atoms with Gasteiger partial charge in [-0.25, -0.2) is 0 Å². The Labute approximate surface area is 233 Å². The Balaban J connectivity index is 0.00000103. The van der Waals surface area contributed by atoms with Crippen molar-refractivity contribution in [3.8, 4) is 11.5 Å². The van der Waals surface area contributed by atoms with Crippen molar-refractivity contribution in [2.24, 2.45) is 0 Å². The predicted molar refractivity (Wildman–Crippen MR) is 145 cm³/mol. The molecule has 1 saturated heterocycles. The molecule has 0 bridgehead atoms. The van der Waals surface area contributed by atoms with E-state index >= 15 is 0 Å². The minimum atomic E-state index is -2.61. The zero-order valence-electron chi connectivity index (χ0n) is 22.2. The van der Waals surface area contributed by atoms with Crippen molar-refractivity contribution in [2.45, 2.75) is 25.5 Å². The predicted octanol–water partition coefficient (Wildman–Crippen LogP) is 2.33. The Bertz CT molecular complexity index is 1410. The maximum atomic E-state index is 13.3. The smallest absolute Gasteiger partial charge is 0.308 e. The molecule has 2 atom stereocenters. The molecule has 0 saturated carbocycles. The van der Waals surface area contributed by atoms with Crippen molar-refractivity contribution in [3.05, 3.63) is 65.9 Å². The van der Waals surface area contributed by atoms with E-state index in [-0.39, 0.29) is 31.3 Å². The molecule has 2 aromatic carbocycles. The summed E-state index contributed by atoms with van der Waals surface area (Å²) in [5.41, 5.74) is 2.72. The third-order valence-electron chi connectivity index (χ3n) is 6.36. The number of fused-ring (bicyclic) bond motifs is 1. The molecule has 0 spiro atoms. The maximum absolute atomic E-state index is 13.3. The molecule has 4 rings (SSSR count). The van der Waals surface area contributed by atoms with Gasteiger partial charge in [-0.1, -0.05) is 18.2 Å². The van der Waals surface area contributed by atoms with E-state index in [0.29, 0.717) is 37.3 Å². The van der Waals surface area contributed by atoms with Crippen molar-refractivity contribution in [1.82, 2.24) is 14.8 Å². The second-order valence-electron chi connectivity index (χ2n) is 9.13. The van der Waals surface area contributed by atoms with Gasteiger partial charge in [-0.05, 0) is 54.8 Å². The maximum Gasteiger partial charge on any atom is 0.308 e. The molecule has 1 aromatic heterocycles. The summed E-state index contributed by atoms with van der Waals surface area (Å²) in [4.78, 5) is 42.1. The second-order valence-corrected chi connectivity index (χ2v) is 9.60. The number of carbonyl (C=O) groups is 2. The van der Waals surface area contributed by atoms with E-state index in [1.54, 1.807) is 36.3 Å². The Morgan fingerprint density at radius 2 is 2.05 bits per heavy atom. The Morgan fingerprint density at radius 3 is 2.75 bits per heavy atom. The van der Waals surface area contributed by atoms with Crippen LogP contribution in [0.5, 0.6) is 11.5 Å². The molecule has 1 amide bonds. The molecule has 214 valence electrons. The Kier molecular flexibility index (Phi) is 11.5. The van der Waals surface area contributed by atoms with Crippen LogP contribution in [0, 0.1) is 11.7 Å². The van der Waals surface area contributed by atoms with E-state index in [2.05, 4.69) is 9.88 Å². The van der Waals surface area contributed by atoms with Gasteiger partial charge in [0.15, 0.2) is 12.4 Å². The lowest BCUT2D eigenvalue weighted by molar-refractivity contribution is -0.201. The van der Waals surface area contributed by atoms with Crippen molar-refractivity contribution < 1.29 is 37.6 Å². The van der Waals surface area contributed by atoms with E-state index in [9.17, 15) is 14.7 Å². The number of carbonyl (C=O) groups excluding carboxylic acids is 2. The van der Waals surface area contributed by atoms with Crippen molar-refractivity contribution in [2.75, 3.05) is 39.9 Å². The molecule has 0 radical (unpaired) electrons. The first kappa shape index (κ1) is 30.6. The van der Waals surface area contributed by atoms with Crippen LogP contribution in [0.2, 0.25) is 0 Å². The van der Waals surface area contributed by atoms with E-state index in [1.807, 2.05) is 37.3 Å². The van der Waals surface area contributed by atoms with E-state index < -0.39 is 10.5 Å². The molecule has 0 aliphatic carbocycles. The van der Waals surface area contributed by atoms with Gasteiger partial charge in [0.05, 0.1) is 17.7 Å². The van der Waals surface area contributed by atoms with Crippen molar-refractivity contribution in [1.29, 1.82) is 4.78 Å². The summed E-state index contributed by atoms with van der Waals surface area (Å²) in [6, 6.07) is 14.5. The van der Waals surface area contributed by atoms with Gasteiger partial charge in [0.2, 0.25) is 0 Å². The van der Waals surface area contributed by atoms with Gasteiger partial charge in [-0.2, -0.15) is 18.1 Å². The van der Waals surface area contributed by atoms with E-state index in [4.69, 9.17) is 27.7 Å². The number of ether oxygens (including phenoxy) is 1. The molecule has 3 aromatic rings.